The Labute approximate surface area is 188 Å². The minimum atomic E-state index is 0.527. The molecular weight excluding hydrogens is 402 g/mol. The number of fused-ring (bicyclic) bond motifs is 2. The molecule has 168 valence electrons. The third kappa shape index (κ3) is 4.83. The molecule has 0 aliphatic heterocycles. The molecule has 0 atom stereocenters. The van der Waals surface area contributed by atoms with Gasteiger partial charge in [-0.1, -0.05) is 13.8 Å². The Hall–Kier alpha value is -3.19. The summed E-state index contributed by atoms with van der Waals surface area (Å²) in [5, 5.41) is 4.36. The Morgan fingerprint density at radius 3 is 2.59 bits per heavy atom. The maximum atomic E-state index is 5.55. The van der Waals surface area contributed by atoms with Crippen LogP contribution in [0, 0.1) is 5.92 Å². The predicted molar refractivity (Wildman–Crippen MR) is 129 cm³/mol. The number of anilines is 2. The Morgan fingerprint density at radius 1 is 1.06 bits per heavy atom. The molecule has 32 heavy (non-hydrogen) atoms. The van der Waals surface area contributed by atoms with E-state index >= 15 is 0 Å². The molecule has 7 heteroatoms. The van der Waals surface area contributed by atoms with Crippen molar-refractivity contribution < 1.29 is 9.47 Å². The van der Waals surface area contributed by atoms with E-state index in [0.717, 1.165) is 77.6 Å². The highest BCUT2D eigenvalue weighted by Crippen LogP contribution is 2.29. The summed E-state index contributed by atoms with van der Waals surface area (Å²) < 4.78 is 13.1. The fourth-order valence-electron chi connectivity index (χ4n) is 3.88. The van der Waals surface area contributed by atoms with E-state index in [1.165, 1.54) is 0 Å². The Kier molecular flexibility index (Phi) is 6.85. The summed E-state index contributed by atoms with van der Waals surface area (Å²) >= 11 is 0. The molecule has 1 N–H and O–H groups in total. The van der Waals surface area contributed by atoms with E-state index in [0.29, 0.717) is 5.92 Å². The van der Waals surface area contributed by atoms with E-state index in [9.17, 15) is 0 Å². The second-order valence-electron chi connectivity index (χ2n) is 8.26. The van der Waals surface area contributed by atoms with Crippen LogP contribution in [0.25, 0.3) is 21.9 Å². The van der Waals surface area contributed by atoms with Gasteiger partial charge in [-0.2, -0.15) is 0 Å². The minimum Gasteiger partial charge on any atom is -0.497 e. The molecule has 2 aromatic carbocycles. The minimum absolute atomic E-state index is 0.527. The number of hydrogen-bond acceptors (Lipinski definition) is 6. The third-order valence-corrected chi connectivity index (χ3v) is 5.40. The van der Waals surface area contributed by atoms with Crippen LogP contribution in [0.2, 0.25) is 0 Å². The first-order chi connectivity index (χ1) is 15.6. The van der Waals surface area contributed by atoms with Crippen molar-refractivity contribution in [1.29, 1.82) is 0 Å². The fourth-order valence-corrected chi connectivity index (χ4v) is 3.88. The summed E-state index contributed by atoms with van der Waals surface area (Å²) in [5.41, 5.74) is 3.91. The fraction of sp³-hybridized carbons (Fsp3) is 0.400. The first-order valence-electron chi connectivity index (χ1n) is 11.2. The summed E-state index contributed by atoms with van der Waals surface area (Å²) in [7, 11) is 1.66. The molecule has 2 aromatic heterocycles. The molecule has 7 nitrogen and oxygen atoms in total. The van der Waals surface area contributed by atoms with Gasteiger partial charge in [0, 0.05) is 37.3 Å². The molecule has 0 unspecified atom stereocenters. The van der Waals surface area contributed by atoms with Crippen molar-refractivity contribution in [3.05, 3.63) is 48.5 Å². The van der Waals surface area contributed by atoms with Gasteiger partial charge < -0.3 is 19.4 Å². The molecule has 0 saturated carbocycles. The molecule has 4 aromatic rings. The van der Waals surface area contributed by atoms with Crippen LogP contribution < -0.4 is 10.1 Å². The van der Waals surface area contributed by atoms with Gasteiger partial charge >= 0.3 is 0 Å². The molecule has 2 heterocycles. The van der Waals surface area contributed by atoms with Crippen molar-refractivity contribution in [2.24, 2.45) is 5.92 Å². The number of aromatic nitrogens is 4. The number of rotatable bonds is 10. The van der Waals surface area contributed by atoms with Crippen LogP contribution in [0.4, 0.5) is 11.5 Å². The smallest absolute Gasteiger partial charge is 0.141 e. The number of nitrogens with one attached hydrogen (secondary N) is 1. The summed E-state index contributed by atoms with van der Waals surface area (Å²) in [6.45, 7) is 8.86. The molecule has 0 bridgehead atoms. The zero-order valence-electron chi connectivity index (χ0n) is 19.3. The predicted octanol–water partition coefficient (Wildman–Crippen LogP) is 5.36. The lowest BCUT2D eigenvalue weighted by Gasteiger charge is -2.12. The normalized spacial score (nSPS) is 11.5. The van der Waals surface area contributed by atoms with Crippen LogP contribution in [0.5, 0.6) is 5.75 Å². The average molecular weight is 434 g/mol. The van der Waals surface area contributed by atoms with E-state index in [-0.39, 0.29) is 0 Å². The van der Waals surface area contributed by atoms with Gasteiger partial charge in [0.05, 0.1) is 23.7 Å². The van der Waals surface area contributed by atoms with E-state index in [1.54, 1.807) is 13.4 Å². The number of hydrogen-bond donors (Lipinski definition) is 1. The lowest BCUT2D eigenvalue weighted by Crippen LogP contribution is -2.09. The van der Waals surface area contributed by atoms with Gasteiger partial charge in [0.25, 0.3) is 0 Å². The first kappa shape index (κ1) is 22.0. The Morgan fingerprint density at radius 2 is 1.88 bits per heavy atom. The van der Waals surface area contributed by atoms with Gasteiger partial charge in [0.15, 0.2) is 0 Å². The summed E-state index contributed by atoms with van der Waals surface area (Å²) in [5.74, 6) is 3.22. The van der Waals surface area contributed by atoms with Gasteiger partial charge in [0.2, 0.25) is 0 Å². The van der Waals surface area contributed by atoms with Crippen LogP contribution in [-0.2, 0) is 17.7 Å². The molecule has 0 aliphatic carbocycles. The van der Waals surface area contributed by atoms with E-state index in [4.69, 9.17) is 14.5 Å². The molecule has 0 fully saturated rings. The summed E-state index contributed by atoms with van der Waals surface area (Å²) in [6.07, 6.45) is 3.49. The topological polar surface area (TPSA) is 74.1 Å². The number of benzene rings is 2. The monoisotopic (exact) mass is 433 g/mol. The Balaban J connectivity index is 1.72. The molecule has 0 amide bonds. The van der Waals surface area contributed by atoms with Crippen LogP contribution in [-0.4, -0.2) is 39.8 Å². The number of nitrogens with zero attached hydrogens (tertiary/aromatic N) is 4. The third-order valence-electron chi connectivity index (χ3n) is 5.40. The van der Waals surface area contributed by atoms with Crippen molar-refractivity contribution in [3.63, 3.8) is 0 Å². The van der Waals surface area contributed by atoms with Crippen LogP contribution >= 0.6 is 0 Å². The van der Waals surface area contributed by atoms with Crippen molar-refractivity contribution in [1.82, 2.24) is 19.5 Å². The quantitative estimate of drug-likeness (QED) is 0.340. The van der Waals surface area contributed by atoms with E-state index in [2.05, 4.69) is 45.8 Å². The van der Waals surface area contributed by atoms with Gasteiger partial charge in [0.1, 0.15) is 23.7 Å². The summed E-state index contributed by atoms with van der Waals surface area (Å²) in [4.78, 5) is 14.0. The molecule has 0 saturated heterocycles. The number of ether oxygens (including phenoxy) is 2. The lowest BCUT2D eigenvalue weighted by molar-refractivity contribution is 0.141. The standard InChI is InChI=1S/C25H31N5O2/c1-5-32-12-6-11-30-23-15-21-20(14-22(23)29-24(30)13-17(2)3)25(27-16-26-21)28-18-7-9-19(31-4)10-8-18/h7-10,14-17H,5-6,11-13H2,1-4H3,(H,26,27,28). The largest absolute Gasteiger partial charge is 0.497 e. The van der Waals surface area contributed by atoms with Crippen LogP contribution in [0.1, 0.15) is 33.0 Å². The van der Waals surface area contributed by atoms with Crippen LogP contribution in [0.15, 0.2) is 42.7 Å². The molecular formula is C25H31N5O2. The number of aryl methyl sites for hydroxylation is 1. The maximum absolute atomic E-state index is 5.55. The van der Waals surface area contributed by atoms with E-state index in [1.807, 2.05) is 31.2 Å². The zero-order valence-corrected chi connectivity index (χ0v) is 19.3. The number of imidazole rings is 1. The van der Waals surface area contributed by atoms with Gasteiger partial charge in [-0.05, 0) is 55.7 Å². The van der Waals surface area contributed by atoms with Gasteiger partial charge in [-0.3, -0.25) is 0 Å². The van der Waals surface area contributed by atoms with Crippen molar-refractivity contribution in [2.75, 3.05) is 25.6 Å². The van der Waals surface area contributed by atoms with E-state index < -0.39 is 0 Å². The van der Waals surface area contributed by atoms with Crippen molar-refractivity contribution in [2.45, 2.75) is 40.2 Å². The number of methoxy groups -OCH3 is 1. The van der Waals surface area contributed by atoms with Gasteiger partial charge in [-0.25, -0.2) is 15.0 Å². The average Bonchev–Trinajstić information content (AvgIpc) is 3.11. The second-order valence-corrected chi connectivity index (χ2v) is 8.26. The lowest BCUT2D eigenvalue weighted by atomic mass is 10.1. The summed E-state index contributed by atoms with van der Waals surface area (Å²) in [6, 6.07) is 12.0. The molecule has 0 spiro atoms. The molecule has 0 aliphatic rings. The zero-order chi connectivity index (χ0) is 22.5. The molecule has 0 radical (unpaired) electrons. The second kappa shape index (κ2) is 9.96. The SMILES string of the molecule is CCOCCCn1c(CC(C)C)nc2cc3c(Nc4ccc(OC)cc4)ncnc3cc21. The maximum Gasteiger partial charge on any atom is 0.141 e. The van der Waals surface area contributed by atoms with Crippen molar-refractivity contribution >= 4 is 33.4 Å². The highest BCUT2D eigenvalue weighted by Gasteiger charge is 2.15. The highest BCUT2D eigenvalue weighted by atomic mass is 16.5. The highest BCUT2D eigenvalue weighted by molar-refractivity contribution is 5.99. The molecule has 4 rings (SSSR count). The van der Waals surface area contributed by atoms with Gasteiger partial charge in [-0.15, -0.1) is 0 Å². The van der Waals surface area contributed by atoms with Crippen molar-refractivity contribution in [3.8, 4) is 5.75 Å². The first-order valence-corrected chi connectivity index (χ1v) is 11.2. The Bertz CT molecular complexity index is 1180. The van der Waals surface area contributed by atoms with Crippen LogP contribution in [0.3, 0.4) is 0 Å².